The van der Waals surface area contributed by atoms with Crippen LogP contribution >= 0.6 is 0 Å². The standard InChI is InChI=1S/C10H15N3O2/c11-5-4-8-7-13(10(14)15-8)9-3-1-2-6-12-9/h3,6,8H,1-2,4-5,7,11H2/t8-/m1/s1. The van der Waals surface area contributed by atoms with E-state index < -0.39 is 0 Å². The highest BCUT2D eigenvalue weighted by Gasteiger charge is 2.33. The van der Waals surface area contributed by atoms with Crippen LogP contribution < -0.4 is 5.73 Å². The van der Waals surface area contributed by atoms with Gasteiger partial charge in [0, 0.05) is 6.21 Å². The molecule has 2 rings (SSSR count). The number of carbonyl (C=O) groups is 1. The minimum absolute atomic E-state index is 0.0828. The first-order chi connectivity index (χ1) is 7.31. The summed E-state index contributed by atoms with van der Waals surface area (Å²) in [5.41, 5.74) is 5.42. The zero-order valence-electron chi connectivity index (χ0n) is 8.56. The van der Waals surface area contributed by atoms with Crippen LogP contribution in [-0.2, 0) is 4.74 Å². The summed E-state index contributed by atoms with van der Waals surface area (Å²) < 4.78 is 5.16. The number of allylic oxidation sites excluding steroid dienone is 1. The van der Waals surface area contributed by atoms with Gasteiger partial charge in [0.25, 0.3) is 0 Å². The number of nitrogens with two attached hydrogens (primary N) is 1. The quantitative estimate of drug-likeness (QED) is 0.749. The first-order valence-corrected chi connectivity index (χ1v) is 5.22. The molecule has 0 radical (unpaired) electrons. The van der Waals surface area contributed by atoms with Crippen molar-refractivity contribution in [1.29, 1.82) is 0 Å². The van der Waals surface area contributed by atoms with E-state index in [9.17, 15) is 4.79 Å². The van der Waals surface area contributed by atoms with E-state index in [1.807, 2.05) is 12.3 Å². The Morgan fingerprint density at radius 2 is 2.47 bits per heavy atom. The van der Waals surface area contributed by atoms with Gasteiger partial charge < -0.3 is 10.5 Å². The minimum Gasteiger partial charge on any atom is -0.444 e. The Morgan fingerprint density at radius 1 is 1.60 bits per heavy atom. The fraction of sp³-hybridized carbons (Fsp3) is 0.600. The first kappa shape index (κ1) is 10.2. The topological polar surface area (TPSA) is 67.9 Å². The zero-order chi connectivity index (χ0) is 10.7. The third-order valence-electron chi connectivity index (χ3n) is 2.49. The van der Waals surface area contributed by atoms with Gasteiger partial charge >= 0.3 is 6.09 Å². The molecule has 0 aromatic heterocycles. The molecule has 15 heavy (non-hydrogen) atoms. The summed E-state index contributed by atoms with van der Waals surface area (Å²) >= 11 is 0. The van der Waals surface area contributed by atoms with Gasteiger partial charge in [-0.05, 0) is 31.9 Å². The number of carbonyl (C=O) groups excluding carboxylic acids is 1. The molecule has 0 unspecified atom stereocenters. The van der Waals surface area contributed by atoms with Crippen LogP contribution in [0.2, 0.25) is 0 Å². The highest BCUT2D eigenvalue weighted by atomic mass is 16.6. The van der Waals surface area contributed by atoms with E-state index in [4.69, 9.17) is 10.5 Å². The molecule has 0 aliphatic carbocycles. The maximum absolute atomic E-state index is 11.5. The summed E-state index contributed by atoms with van der Waals surface area (Å²) in [7, 11) is 0. The van der Waals surface area contributed by atoms with Crippen LogP contribution in [0.3, 0.4) is 0 Å². The molecule has 0 aromatic rings. The van der Waals surface area contributed by atoms with Crippen LogP contribution in [0.25, 0.3) is 0 Å². The van der Waals surface area contributed by atoms with Crippen molar-refractivity contribution >= 4 is 12.3 Å². The van der Waals surface area contributed by atoms with Crippen molar-refractivity contribution in [3.63, 3.8) is 0 Å². The highest BCUT2D eigenvalue weighted by molar-refractivity contribution is 5.73. The molecule has 0 spiro atoms. The number of aliphatic imine (C=N–C) groups is 1. The van der Waals surface area contributed by atoms with Crippen molar-refractivity contribution in [3.05, 3.63) is 11.9 Å². The Morgan fingerprint density at radius 3 is 3.13 bits per heavy atom. The third-order valence-corrected chi connectivity index (χ3v) is 2.49. The molecule has 2 aliphatic rings. The molecule has 0 bridgehead atoms. The lowest BCUT2D eigenvalue weighted by molar-refractivity contribution is 0.132. The Balaban J connectivity index is 2.01. The SMILES string of the molecule is NCC[C@@H]1CN(C2=CCCC=N2)C(=O)O1. The number of nitrogens with zero attached hydrogens (tertiary/aromatic N) is 2. The smallest absolute Gasteiger partial charge is 0.415 e. The first-order valence-electron chi connectivity index (χ1n) is 5.22. The van der Waals surface area contributed by atoms with Gasteiger partial charge in [-0.2, -0.15) is 0 Å². The molecular weight excluding hydrogens is 194 g/mol. The molecule has 2 N–H and O–H groups in total. The summed E-state index contributed by atoms with van der Waals surface area (Å²) in [6.45, 7) is 1.10. The largest absolute Gasteiger partial charge is 0.444 e. The number of hydrogen-bond donors (Lipinski definition) is 1. The van der Waals surface area contributed by atoms with E-state index in [0.29, 0.717) is 25.3 Å². The van der Waals surface area contributed by atoms with Crippen LogP contribution in [0.4, 0.5) is 4.79 Å². The fourth-order valence-electron chi connectivity index (χ4n) is 1.72. The van der Waals surface area contributed by atoms with Gasteiger partial charge in [-0.15, -0.1) is 0 Å². The Kier molecular flexibility index (Phi) is 3.01. The summed E-state index contributed by atoms with van der Waals surface area (Å²) in [6, 6.07) is 0. The molecule has 82 valence electrons. The van der Waals surface area contributed by atoms with Crippen molar-refractivity contribution < 1.29 is 9.53 Å². The molecule has 1 amide bonds. The van der Waals surface area contributed by atoms with Gasteiger partial charge in [0.05, 0.1) is 6.54 Å². The number of cyclic esters (lactones) is 1. The monoisotopic (exact) mass is 209 g/mol. The normalized spacial score (nSPS) is 25.4. The Labute approximate surface area is 88.6 Å². The Bertz CT molecular complexity index is 312. The average molecular weight is 209 g/mol. The van der Waals surface area contributed by atoms with Crippen molar-refractivity contribution in [2.75, 3.05) is 13.1 Å². The van der Waals surface area contributed by atoms with E-state index in [0.717, 1.165) is 12.8 Å². The molecule has 0 aromatic carbocycles. The molecule has 2 heterocycles. The molecule has 5 heteroatoms. The van der Waals surface area contributed by atoms with Crippen LogP contribution in [0, 0.1) is 0 Å². The van der Waals surface area contributed by atoms with Crippen molar-refractivity contribution in [3.8, 4) is 0 Å². The maximum Gasteiger partial charge on any atom is 0.415 e. The average Bonchev–Trinajstić information content (AvgIpc) is 2.61. The van der Waals surface area contributed by atoms with E-state index in [2.05, 4.69) is 4.99 Å². The molecule has 1 saturated heterocycles. The number of amides is 1. The molecule has 2 aliphatic heterocycles. The second-order valence-electron chi connectivity index (χ2n) is 3.65. The van der Waals surface area contributed by atoms with E-state index in [-0.39, 0.29) is 12.2 Å². The number of ether oxygens (including phenoxy) is 1. The van der Waals surface area contributed by atoms with Gasteiger partial charge in [0.1, 0.15) is 11.9 Å². The molecule has 1 fully saturated rings. The molecular formula is C10H15N3O2. The van der Waals surface area contributed by atoms with Gasteiger partial charge in [0.15, 0.2) is 0 Å². The van der Waals surface area contributed by atoms with Crippen molar-refractivity contribution in [1.82, 2.24) is 4.90 Å². The fourth-order valence-corrected chi connectivity index (χ4v) is 1.72. The highest BCUT2D eigenvalue weighted by Crippen LogP contribution is 2.21. The minimum atomic E-state index is -0.307. The van der Waals surface area contributed by atoms with E-state index in [1.165, 1.54) is 0 Å². The predicted octanol–water partition coefficient (Wildman–Crippen LogP) is 0.862. The van der Waals surface area contributed by atoms with Gasteiger partial charge in [-0.1, -0.05) is 0 Å². The van der Waals surface area contributed by atoms with Crippen molar-refractivity contribution in [2.45, 2.75) is 25.4 Å². The molecule has 5 nitrogen and oxygen atoms in total. The molecule has 0 saturated carbocycles. The van der Waals surface area contributed by atoms with Gasteiger partial charge in [-0.25, -0.2) is 9.79 Å². The van der Waals surface area contributed by atoms with E-state index in [1.54, 1.807) is 4.90 Å². The van der Waals surface area contributed by atoms with Crippen molar-refractivity contribution in [2.24, 2.45) is 10.7 Å². The Hall–Kier alpha value is -1.36. The third kappa shape index (κ3) is 2.18. The lowest BCUT2D eigenvalue weighted by Crippen LogP contribution is -2.25. The zero-order valence-corrected chi connectivity index (χ0v) is 8.56. The summed E-state index contributed by atoms with van der Waals surface area (Å²) in [4.78, 5) is 17.3. The second kappa shape index (κ2) is 4.44. The molecule has 1 atom stereocenters. The van der Waals surface area contributed by atoms with Crippen LogP contribution in [0.15, 0.2) is 16.9 Å². The lowest BCUT2D eigenvalue weighted by Gasteiger charge is -2.15. The van der Waals surface area contributed by atoms with Crippen LogP contribution in [0.1, 0.15) is 19.3 Å². The summed E-state index contributed by atoms with van der Waals surface area (Å²) in [5.74, 6) is 0.714. The maximum atomic E-state index is 11.5. The number of hydrogen-bond acceptors (Lipinski definition) is 4. The predicted molar refractivity (Wildman–Crippen MR) is 56.5 cm³/mol. The van der Waals surface area contributed by atoms with Gasteiger partial charge in [0.2, 0.25) is 0 Å². The van der Waals surface area contributed by atoms with Crippen LogP contribution in [-0.4, -0.2) is 36.4 Å². The summed E-state index contributed by atoms with van der Waals surface area (Å²) in [6.07, 6.45) is 5.99. The van der Waals surface area contributed by atoms with Gasteiger partial charge in [-0.3, -0.25) is 4.90 Å². The number of rotatable bonds is 3. The second-order valence-corrected chi connectivity index (χ2v) is 3.65. The van der Waals surface area contributed by atoms with Crippen LogP contribution in [0.5, 0.6) is 0 Å². The summed E-state index contributed by atoms with van der Waals surface area (Å²) in [5, 5.41) is 0. The van der Waals surface area contributed by atoms with E-state index >= 15 is 0 Å². The lowest BCUT2D eigenvalue weighted by atomic mass is 10.2.